The molecule has 0 amide bonds. The predicted octanol–water partition coefficient (Wildman–Crippen LogP) is 2.85. The second-order valence-corrected chi connectivity index (χ2v) is 4.99. The summed E-state index contributed by atoms with van der Waals surface area (Å²) in [5.41, 5.74) is 0. The van der Waals surface area contributed by atoms with Crippen LogP contribution in [0.2, 0.25) is 0 Å². The number of hydrogen-bond acceptors (Lipinski definition) is 3. The van der Waals surface area contributed by atoms with Crippen molar-refractivity contribution >= 4 is 11.6 Å². The Morgan fingerprint density at radius 1 is 1.18 bits per heavy atom. The van der Waals surface area contributed by atoms with Gasteiger partial charge >= 0.3 is 0 Å². The van der Waals surface area contributed by atoms with Gasteiger partial charge in [-0.15, -0.1) is 11.6 Å². The Bertz CT molecular complexity index is 312. The molecule has 0 saturated heterocycles. The monoisotopic (exact) mass is 253 g/mol. The van der Waals surface area contributed by atoms with Gasteiger partial charge in [0.2, 0.25) is 0 Å². The van der Waals surface area contributed by atoms with Crippen molar-refractivity contribution in [2.75, 3.05) is 12.4 Å². The molecule has 4 heteroatoms. The van der Waals surface area contributed by atoms with E-state index in [-0.39, 0.29) is 0 Å². The van der Waals surface area contributed by atoms with E-state index in [0.29, 0.717) is 11.9 Å². The second-order valence-electron chi connectivity index (χ2n) is 4.62. The first-order valence-corrected chi connectivity index (χ1v) is 6.99. The summed E-state index contributed by atoms with van der Waals surface area (Å²) in [4.78, 5) is 11.0. The molecule has 0 aromatic carbocycles. The van der Waals surface area contributed by atoms with E-state index in [0.717, 1.165) is 18.9 Å². The van der Waals surface area contributed by atoms with E-state index in [1.54, 1.807) is 0 Å². The Labute approximate surface area is 108 Å². The van der Waals surface area contributed by atoms with Gasteiger partial charge in [0.1, 0.15) is 5.82 Å². The molecule has 1 saturated carbocycles. The highest BCUT2D eigenvalue weighted by molar-refractivity contribution is 6.18. The van der Waals surface area contributed by atoms with Crippen LogP contribution in [-0.2, 0) is 6.54 Å². The van der Waals surface area contributed by atoms with Gasteiger partial charge < -0.3 is 0 Å². The summed E-state index contributed by atoms with van der Waals surface area (Å²) in [5.74, 6) is 1.59. The number of halogens is 1. The lowest BCUT2D eigenvalue weighted by Gasteiger charge is -2.33. The molecule has 2 rings (SSSR count). The van der Waals surface area contributed by atoms with Crippen molar-refractivity contribution in [2.45, 2.75) is 44.7 Å². The molecular formula is C13H20ClN3. The van der Waals surface area contributed by atoms with Gasteiger partial charge in [0.15, 0.2) is 0 Å². The zero-order valence-corrected chi connectivity index (χ0v) is 10.9. The van der Waals surface area contributed by atoms with Crippen LogP contribution < -0.4 is 0 Å². The summed E-state index contributed by atoms with van der Waals surface area (Å²) in [5, 5.41) is 0. The fraction of sp³-hybridized carbons (Fsp3) is 0.692. The molecule has 1 aliphatic carbocycles. The van der Waals surface area contributed by atoms with Crippen LogP contribution in [0.25, 0.3) is 0 Å². The summed E-state index contributed by atoms with van der Waals surface area (Å²) >= 11 is 5.90. The topological polar surface area (TPSA) is 29.0 Å². The average molecular weight is 254 g/mol. The van der Waals surface area contributed by atoms with E-state index in [4.69, 9.17) is 11.6 Å². The number of alkyl halides is 1. The third-order valence-electron chi connectivity index (χ3n) is 3.43. The number of rotatable bonds is 5. The summed E-state index contributed by atoms with van der Waals surface area (Å²) < 4.78 is 0. The first kappa shape index (κ1) is 12.8. The molecule has 94 valence electrons. The zero-order chi connectivity index (χ0) is 11.9. The standard InChI is InChI=1S/C13H20ClN3/c14-7-10-17(12-5-2-1-3-6-12)11-13-15-8-4-9-16-13/h4,8-9,12H,1-3,5-7,10-11H2. The van der Waals surface area contributed by atoms with Crippen molar-refractivity contribution in [1.29, 1.82) is 0 Å². The fourth-order valence-electron chi connectivity index (χ4n) is 2.54. The maximum Gasteiger partial charge on any atom is 0.142 e. The fourth-order valence-corrected chi connectivity index (χ4v) is 2.76. The third kappa shape index (κ3) is 3.93. The lowest BCUT2D eigenvalue weighted by molar-refractivity contribution is 0.153. The van der Waals surface area contributed by atoms with Gasteiger partial charge in [-0.05, 0) is 18.9 Å². The lowest BCUT2D eigenvalue weighted by atomic mass is 9.94. The van der Waals surface area contributed by atoms with Crippen LogP contribution in [0, 0.1) is 0 Å². The van der Waals surface area contributed by atoms with Crippen LogP contribution in [-0.4, -0.2) is 33.3 Å². The quantitative estimate of drug-likeness (QED) is 0.756. The van der Waals surface area contributed by atoms with Gasteiger partial charge in [-0.25, -0.2) is 9.97 Å². The molecule has 0 atom stereocenters. The average Bonchev–Trinajstić information content (AvgIpc) is 2.40. The SMILES string of the molecule is ClCCN(Cc1ncccn1)C1CCCCC1. The van der Waals surface area contributed by atoms with E-state index in [1.165, 1.54) is 32.1 Å². The van der Waals surface area contributed by atoms with Crippen molar-refractivity contribution in [1.82, 2.24) is 14.9 Å². The van der Waals surface area contributed by atoms with Crippen LogP contribution in [0.5, 0.6) is 0 Å². The summed E-state index contributed by atoms with van der Waals surface area (Å²) in [6.07, 6.45) is 10.3. The molecule has 0 aliphatic heterocycles. The maximum atomic E-state index is 5.90. The number of nitrogens with zero attached hydrogens (tertiary/aromatic N) is 3. The van der Waals surface area contributed by atoms with Gasteiger partial charge in [0.05, 0.1) is 6.54 Å². The molecule has 0 radical (unpaired) electrons. The highest BCUT2D eigenvalue weighted by Crippen LogP contribution is 2.23. The number of aromatic nitrogens is 2. The van der Waals surface area contributed by atoms with E-state index >= 15 is 0 Å². The minimum Gasteiger partial charge on any atom is -0.292 e. The Balaban J connectivity index is 1.96. The predicted molar refractivity (Wildman–Crippen MR) is 70.0 cm³/mol. The highest BCUT2D eigenvalue weighted by atomic mass is 35.5. The van der Waals surface area contributed by atoms with E-state index < -0.39 is 0 Å². The van der Waals surface area contributed by atoms with Gasteiger partial charge in [-0.2, -0.15) is 0 Å². The van der Waals surface area contributed by atoms with Crippen molar-refractivity contribution in [3.8, 4) is 0 Å². The minimum absolute atomic E-state index is 0.673. The Hall–Kier alpha value is -0.670. The van der Waals surface area contributed by atoms with Crippen LogP contribution in [0.1, 0.15) is 37.9 Å². The smallest absolute Gasteiger partial charge is 0.142 e. The molecule has 1 aliphatic rings. The van der Waals surface area contributed by atoms with Crippen LogP contribution in [0.4, 0.5) is 0 Å². The first-order valence-electron chi connectivity index (χ1n) is 6.46. The molecule has 1 fully saturated rings. The van der Waals surface area contributed by atoms with Crippen molar-refractivity contribution in [3.05, 3.63) is 24.3 Å². The van der Waals surface area contributed by atoms with Gasteiger partial charge in [0.25, 0.3) is 0 Å². The third-order valence-corrected chi connectivity index (χ3v) is 3.60. The first-order chi connectivity index (χ1) is 8.40. The largest absolute Gasteiger partial charge is 0.292 e. The Morgan fingerprint density at radius 3 is 2.53 bits per heavy atom. The van der Waals surface area contributed by atoms with Crippen LogP contribution >= 0.6 is 11.6 Å². The van der Waals surface area contributed by atoms with Crippen molar-refractivity contribution in [2.24, 2.45) is 0 Å². The molecule has 17 heavy (non-hydrogen) atoms. The molecule has 1 heterocycles. The molecule has 3 nitrogen and oxygen atoms in total. The highest BCUT2D eigenvalue weighted by Gasteiger charge is 2.21. The Morgan fingerprint density at radius 2 is 1.88 bits per heavy atom. The van der Waals surface area contributed by atoms with E-state index in [2.05, 4.69) is 14.9 Å². The van der Waals surface area contributed by atoms with Crippen LogP contribution in [0.3, 0.4) is 0 Å². The second kappa shape index (κ2) is 6.92. The maximum absolute atomic E-state index is 5.90. The lowest BCUT2D eigenvalue weighted by Crippen LogP contribution is -2.38. The summed E-state index contributed by atoms with van der Waals surface area (Å²) in [6.45, 7) is 1.77. The summed E-state index contributed by atoms with van der Waals surface area (Å²) in [7, 11) is 0. The molecular weight excluding hydrogens is 234 g/mol. The van der Waals surface area contributed by atoms with E-state index in [9.17, 15) is 0 Å². The molecule has 0 bridgehead atoms. The molecule has 0 N–H and O–H groups in total. The summed E-state index contributed by atoms with van der Waals surface area (Å²) in [6, 6.07) is 2.53. The van der Waals surface area contributed by atoms with E-state index in [1.807, 2.05) is 18.5 Å². The minimum atomic E-state index is 0.673. The van der Waals surface area contributed by atoms with Gasteiger partial charge in [-0.1, -0.05) is 19.3 Å². The van der Waals surface area contributed by atoms with Crippen LogP contribution in [0.15, 0.2) is 18.5 Å². The van der Waals surface area contributed by atoms with Crippen molar-refractivity contribution < 1.29 is 0 Å². The molecule has 0 spiro atoms. The van der Waals surface area contributed by atoms with Gasteiger partial charge in [0, 0.05) is 30.9 Å². The van der Waals surface area contributed by atoms with Gasteiger partial charge in [-0.3, -0.25) is 4.90 Å². The number of hydrogen-bond donors (Lipinski definition) is 0. The normalized spacial score (nSPS) is 17.5. The Kier molecular flexibility index (Phi) is 5.20. The zero-order valence-electron chi connectivity index (χ0n) is 10.2. The van der Waals surface area contributed by atoms with Crippen molar-refractivity contribution in [3.63, 3.8) is 0 Å². The molecule has 1 aromatic heterocycles. The molecule has 1 aromatic rings. The molecule has 0 unspecified atom stereocenters.